The Kier molecular flexibility index (Phi) is 7.79. The predicted molar refractivity (Wildman–Crippen MR) is 90.0 cm³/mol. The van der Waals surface area contributed by atoms with Crippen LogP contribution in [-0.2, 0) is 25.5 Å². The second-order valence-corrected chi connectivity index (χ2v) is 6.31. The van der Waals surface area contributed by atoms with Gasteiger partial charge in [-0.1, -0.05) is 45.0 Å². The van der Waals surface area contributed by atoms with Crippen LogP contribution in [0.2, 0.25) is 0 Å². The van der Waals surface area contributed by atoms with Crippen LogP contribution in [-0.4, -0.2) is 18.2 Å². The van der Waals surface area contributed by atoms with Crippen LogP contribution in [0, 0.1) is 5.92 Å². The van der Waals surface area contributed by atoms with Crippen molar-refractivity contribution in [3.05, 3.63) is 35.4 Å². The van der Waals surface area contributed by atoms with Crippen molar-refractivity contribution in [3.63, 3.8) is 0 Å². The molecule has 0 aliphatic heterocycles. The summed E-state index contributed by atoms with van der Waals surface area (Å²) >= 11 is 0. The maximum Gasteiger partial charge on any atom is 0.316 e. The van der Waals surface area contributed by atoms with Gasteiger partial charge in [0.2, 0.25) is 6.29 Å². The van der Waals surface area contributed by atoms with Crippen LogP contribution in [0.4, 0.5) is 0 Å². The van der Waals surface area contributed by atoms with Crippen molar-refractivity contribution in [2.45, 2.75) is 66.1 Å². The highest BCUT2D eigenvalue weighted by atomic mass is 16.7. The number of hydrogen-bond acceptors (Lipinski definition) is 4. The molecule has 1 rings (SSSR count). The third-order valence-electron chi connectivity index (χ3n) is 3.51. The fraction of sp³-hybridized carbons (Fsp3) is 0.579. The van der Waals surface area contributed by atoms with E-state index >= 15 is 0 Å². The number of benzene rings is 1. The minimum atomic E-state index is -0.857. The number of rotatable bonds is 8. The second-order valence-electron chi connectivity index (χ2n) is 6.31. The van der Waals surface area contributed by atoms with Gasteiger partial charge in [-0.2, -0.15) is 0 Å². The fourth-order valence-electron chi connectivity index (χ4n) is 2.29. The molecule has 0 N–H and O–H groups in total. The van der Waals surface area contributed by atoms with Crippen LogP contribution in [0.1, 0.15) is 64.5 Å². The summed E-state index contributed by atoms with van der Waals surface area (Å²) in [7, 11) is 0. The van der Waals surface area contributed by atoms with E-state index in [4.69, 9.17) is 9.47 Å². The monoisotopic (exact) mass is 320 g/mol. The SMILES string of the molecule is CCCC(=O)OC(C)OC(=O)C(C)c1ccc(CC(C)C)cc1. The normalized spacial score (nSPS) is 13.5. The lowest BCUT2D eigenvalue weighted by Gasteiger charge is -2.17. The van der Waals surface area contributed by atoms with Crippen LogP contribution in [0.5, 0.6) is 0 Å². The first-order chi connectivity index (χ1) is 10.8. The molecule has 0 aromatic heterocycles. The molecule has 2 unspecified atom stereocenters. The van der Waals surface area contributed by atoms with E-state index in [0.29, 0.717) is 18.8 Å². The molecule has 4 heteroatoms. The summed E-state index contributed by atoms with van der Waals surface area (Å²) in [5.74, 6) is -0.533. The zero-order valence-corrected chi connectivity index (χ0v) is 14.8. The molecule has 0 fully saturated rings. The highest BCUT2D eigenvalue weighted by molar-refractivity contribution is 5.78. The van der Waals surface area contributed by atoms with Gasteiger partial charge in [-0.25, -0.2) is 0 Å². The largest absolute Gasteiger partial charge is 0.425 e. The fourth-order valence-corrected chi connectivity index (χ4v) is 2.29. The van der Waals surface area contributed by atoms with Gasteiger partial charge in [0.1, 0.15) is 0 Å². The number of hydrogen-bond donors (Lipinski definition) is 0. The zero-order valence-electron chi connectivity index (χ0n) is 14.8. The smallest absolute Gasteiger partial charge is 0.316 e. The van der Waals surface area contributed by atoms with Crippen molar-refractivity contribution in [1.82, 2.24) is 0 Å². The van der Waals surface area contributed by atoms with Gasteiger partial charge in [-0.3, -0.25) is 9.59 Å². The van der Waals surface area contributed by atoms with Crippen LogP contribution < -0.4 is 0 Å². The van der Waals surface area contributed by atoms with Crippen molar-refractivity contribution in [2.24, 2.45) is 5.92 Å². The summed E-state index contributed by atoms with van der Waals surface area (Å²) < 4.78 is 10.2. The Morgan fingerprint density at radius 1 is 1.00 bits per heavy atom. The molecule has 1 aromatic rings. The quantitative estimate of drug-likeness (QED) is 0.531. The molecule has 1 aromatic carbocycles. The van der Waals surface area contributed by atoms with E-state index in [1.165, 1.54) is 5.56 Å². The molecule has 4 nitrogen and oxygen atoms in total. The predicted octanol–water partition coefficient (Wildman–Crippen LogP) is 4.22. The Hall–Kier alpha value is -1.84. The Labute approximate surface area is 139 Å². The second kappa shape index (κ2) is 9.33. The van der Waals surface area contributed by atoms with Crippen molar-refractivity contribution in [1.29, 1.82) is 0 Å². The topological polar surface area (TPSA) is 52.6 Å². The van der Waals surface area contributed by atoms with E-state index in [1.54, 1.807) is 13.8 Å². The highest BCUT2D eigenvalue weighted by Crippen LogP contribution is 2.19. The maximum absolute atomic E-state index is 12.1. The molecule has 0 bridgehead atoms. The first-order valence-electron chi connectivity index (χ1n) is 8.32. The minimum Gasteiger partial charge on any atom is -0.425 e. The Morgan fingerprint density at radius 3 is 2.13 bits per heavy atom. The first-order valence-corrected chi connectivity index (χ1v) is 8.32. The lowest BCUT2D eigenvalue weighted by molar-refractivity contribution is -0.185. The molecule has 0 saturated carbocycles. The summed E-state index contributed by atoms with van der Waals surface area (Å²) in [4.78, 5) is 23.5. The van der Waals surface area contributed by atoms with Gasteiger partial charge < -0.3 is 9.47 Å². The summed E-state index contributed by atoms with van der Waals surface area (Å²) in [6.07, 6.45) is 1.20. The number of carbonyl (C=O) groups excluding carboxylic acids is 2. The Bertz CT molecular complexity index is 505. The van der Waals surface area contributed by atoms with E-state index in [2.05, 4.69) is 13.8 Å². The van der Waals surface area contributed by atoms with Crippen LogP contribution in [0.15, 0.2) is 24.3 Å². The zero-order chi connectivity index (χ0) is 17.4. The summed E-state index contributed by atoms with van der Waals surface area (Å²) in [6, 6.07) is 8.00. The minimum absolute atomic E-state index is 0.328. The van der Waals surface area contributed by atoms with Crippen molar-refractivity contribution >= 4 is 11.9 Å². The molecular formula is C19H28O4. The molecule has 0 heterocycles. The van der Waals surface area contributed by atoms with Gasteiger partial charge in [-0.15, -0.1) is 0 Å². The van der Waals surface area contributed by atoms with Crippen LogP contribution >= 0.6 is 0 Å². The van der Waals surface area contributed by atoms with Gasteiger partial charge in [0.25, 0.3) is 0 Å². The summed E-state index contributed by atoms with van der Waals surface area (Å²) in [5.41, 5.74) is 2.15. The van der Waals surface area contributed by atoms with Gasteiger partial charge >= 0.3 is 11.9 Å². The van der Waals surface area contributed by atoms with Gasteiger partial charge in [0.05, 0.1) is 5.92 Å². The lowest BCUT2D eigenvalue weighted by atomic mass is 9.97. The van der Waals surface area contributed by atoms with Gasteiger partial charge in [0, 0.05) is 13.3 Å². The average Bonchev–Trinajstić information content (AvgIpc) is 2.46. The molecule has 0 aliphatic carbocycles. The molecular weight excluding hydrogens is 292 g/mol. The number of carbonyl (C=O) groups is 2. The molecule has 0 saturated heterocycles. The van der Waals surface area contributed by atoms with E-state index in [-0.39, 0.29) is 5.97 Å². The van der Waals surface area contributed by atoms with Gasteiger partial charge in [0.15, 0.2) is 0 Å². The summed E-state index contributed by atoms with van der Waals surface area (Å²) in [6.45, 7) is 9.59. The molecule has 0 spiro atoms. The van der Waals surface area contributed by atoms with Crippen LogP contribution in [0.3, 0.4) is 0 Å². The van der Waals surface area contributed by atoms with E-state index in [9.17, 15) is 9.59 Å². The molecule has 23 heavy (non-hydrogen) atoms. The number of ether oxygens (including phenoxy) is 2. The Morgan fingerprint density at radius 2 is 1.61 bits per heavy atom. The number of esters is 2. The molecule has 128 valence electrons. The summed E-state index contributed by atoms with van der Waals surface area (Å²) in [5, 5.41) is 0. The van der Waals surface area contributed by atoms with E-state index < -0.39 is 18.2 Å². The van der Waals surface area contributed by atoms with Crippen molar-refractivity contribution in [3.8, 4) is 0 Å². The highest BCUT2D eigenvalue weighted by Gasteiger charge is 2.21. The lowest BCUT2D eigenvalue weighted by Crippen LogP contribution is -2.24. The third kappa shape index (κ3) is 6.85. The molecule has 0 amide bonds. The van der Waals surface area contributed by atoms with Crippen LogP contribution in [0.25, 0.3) is 0 Å². The van der Waals surface area contributed by atoms with Crippen molar-refractivity contribution in [2.75, 3.05) is 0 Å². The van der Waals surface area contributed by atoms with E-state index in [1.807, 2.05) is 31.2 Å². The first kappa shape index (κ1) is 19.2. The molecule has 0 radical (unpaired) electrons. The van der Waals surface area contributed by atoms with Crippen molar-refractivity contribution < 1.29 is 19.1 Å². The molecule has 2 atom stereocenters. The Balaban J connectivity index is 2.57. The third-order valence-corrected chi connectivity index (χ3v) is 3.51. The maximum atomic E-state index is 12.1. The average molecular weight is 320 g/mol. The van der Waals surface area contributed by atoms with E-state index in [0.717, 1.165) is 12.0 Å². The van der Waals surface area contributed by atoms with Gasteiger partial charge in [-0.05, 0) is 36.8 Å². The molecule has 0 aliphatic rings. The standard InChI is InChI=1S/C19H28O4/c1-6-7-18(20)22-15(5)23-19(21)14(4)17-10-8-16(9-11-17)12-13(2)3/h8-11,13-15H,6-7,12H2,1-5H3.